The van der Waals surface area contributed by atoms with E-state index < -0.39 is 0 Å². The van der Waals surface area contributed by atoms with Gasteiger partial charge in [0.15, 0.2) is 0 Å². The predicted molar refractivity (Wildman–Crippen MR) is 42.4 cm³/mol. The SMILES string of the molecule is CCC/C(C)=N\C=N/C. The van der Waals surface area contributed by atoms with Crippen molar-refractivity contribution in [3.8, 4) is 0 Å². The normalized spacial score (nSPS) is 13.0. The zero-order chi connectivity index (χ0) is 7.11. The second-order valence-corrected chi connectivity index (χ2v) is 1.99. The first-order chi connectivity index (χ1) is 4.31. The lowest BCUT2D eigenvalue weighted by Crippen LogP contribution is -1.88. The molecule has 0 saturated heterocycles. The van der Waals surface area contributed by atoms with Crippen LogP contribution in [-0.4, -0.2) is 19.1 Å². The highest BCUT2D eigenvalue weighted by Gasteiger charge is 1.83. The Kier molecular flexibility index (Phi) is 5.07. The summed E-state index contributed by atoms with van der Waals surface area (Å²) in [7, 11) is 1.72. The van der Waals surface area contributed by atoms with Gasteiger partial charge in [-0.1, -0.05) is 13.3 Å². The van der Waals surface area contributed by atoms with E-state index in [0.717, 1.165) is 18.6 Å². The van der Waals surface area contributed by atoms with Crippen LogP contribution in [0.5, 0.6) is 0 Å². The van der Waals surface area contributed by atoms with Gasteiger partial charge in [-0.2, -0.15) is 0 Å². The van der Waals surface area contributed by atoms with Crippen molar-refractivity contribution < 1.29 is 0 Å². The van der Waals surface area contributed by atoms with Crippen molar-refractivity contribution in [2.75, 3.05) is 7.05 Å². The van der Waals surface area contributed by atoms with Crippen LogP contribution in [0.2, 0.25) is 0 Å². The van der Waals surface area contributed by atoms with E-state index in [0.29, 0.717) is 0 Å². The second kappa shape index (κ2) is 5.48. The minimum Gasteiger partial charge on any atom is -0.277 e. The first-order valence-corrected chi connectivity index (χ1v) is 3.25. The zero-order valence-electron chi connectivity index (χ0n) is 6.39. The Morgan fingerprint density at radius 2 is 2.22 bits per heavy atom. The molecule has 0 atom stereocenters. The Hall–Kier alpha value is -0.660. The average Bonchev–Trinajstić information content (AvgIpc) is 1.85. The highest BCUT2D eigenvalue weighted by atomic mass is 14.8. The summed E-state index contributed by atoms with van der Waals surface area (Å²) in [6.45, 7) is 4.16. The van der Waals surface area contributed by atoms with E-state index >= 15 is 0 Å². The molecular weight excluding hydrogens is 112 g/mol. The first kappa shape index (κ1) is 8.34. The van der Waals surface area contributed by atoms with Crippen LogP contribution in [-0.2, 0) is 0 Å². The molecule has 0 aromatic carbocycles. The van der Waals surface area contributed by atoms with Gasteiger partial charge < -0.3 is 0 Å². The molecule has 0 aliphatic carbocycles. The summed E-state index contributed by atoms with van der Waals surface area (Å²) in [6.07, 6.45) is 3.82. The average molecular weight is 126 g/mol. The summed E-state index contributed by atoms with van der Waals surface area (Å²) in [6, 6.07) is 0. The van der Waals surface area contributed by atoms with Crippen LogP contribution < -0.4 is 0 Å². The van der Waals surface area contributed by atoms with Gasteiger partial charge in [-0.25, -0.2) is 4.99 Å². The molecule has 0 fully saturated rings. The molecule has 0 heterocycles. The summed E-state index contributed by atoms with van der Waals surface area (Å²) in [5.41, 5.74) is 1.16. The summed E-state index contributed by atoms with van der Waals surface area (Å²) < 4.78 is 0. The van der Waals surface area contributed by atoms with Gasteiger partial charge in [0.1, 0.15) is 6.34 Å². The van der Waals surface area contributed by atoms with Gasteiger partial charge in [0.25, 0.3) is 0 Å². The third-order valence-electron chi connectivity index (χ3n) is 1.01. The van der Waals surface area contributed by atoms with E-state index in [9.17, 15) is 0 Å². The highest BCUT2D eigenvalue weighted by Crippen LogP contribution is 1.89. The molecule has 0 unspecified atom stereocenters. The molecule has 0 aromatic heterocycles. The molecule has 0 radical (unpaired) electrons. The minimum atomic E-state index is 1.08. The molecule has 0 N–H and O–H groups in total. The van der Waals surface area contributed by atoms with Gasteiger partial charge in [0.2, 0.25) is 0 Å². The van der Waals surface area contributed by atoms with Crippen LogP contribution >= 0.6 is 0 Å². The summed E-state index contributed by atoms with van der Waals surface area (Å²) >= 11 is 0. The monoisotopic (exact) mass is 126 g/mol. The van der Waals surface area contributed by atoms with E-state index in [1.54, 1.807) is 13.4 Å². The molecule has 2 nitrogen and oxygen atoms in total. The largest absolute Gasteiger partial charge is 0.277 e. The highest BCUT2D eigenvalue weighted by molar-refractivity contribution is 5.88. The maximum absolute atomic E-state index is 4.06. The molecule has 0 rings (SSSR count). The zero-order valence-corrected chi connectivity index (χ0v) is 6.39. The van der Waals surface area contributed by atoms with Crippen molar-refractivity contribution >= 4 is 12.1 Å². The Labute approximate surface area is 56.7 Å². The maximum atomic E-state index is 4.06. The standard InChI is InChI=1S/C7H14N2/c1-4-5-7(2)9-6-8-3/h6H,4-5H2,1-3H3/b8-6-,9-7-. The lowest BCUT2D eigenvalue weighted by atomic mass is 10.2. The molecule has 0 saturated carbocycles. The van der Waals surface area contributed by atoms with Gasteiger partial charge in [-0.3, -0.25) is 4.99 Å². The number of rotatable bonds is 3. The van der Waals surface area contributed by atoms with Crippen molar-refractivity contribution in [1.82, 2.24) is 0 Å². The van der Waals surface area contributed by atoms with E-state index in [1.165, 1.54) is 0 Å². The summed E-state index contributed by atoms with van der Waals surface area (Å²) in [4.78, 5) is 7.80. The molecule has 9 heavy (non-hydrogen) atoms. The lowest BCUT2D eigenvalue weighted by Gasteiger charge is -1.90. The molecule has 0 aliphatic heterocycles. The maximum Gasteiger partial charge on any atom is 0.109 e. The van der Waals surface area contributed by atoms with E-state index in [1.807, 2.05) is 6.92 Å². The van der Waals surface area contributed by atoms with Crippen molar-refractivity contribution in [3.05, 3.63) is 0 Å². The number of aliphatic imine (C=N–C) groups is 2. The Balaban J connectivity index is 3.55. The molecule has 0 amide bonds. The smallest absolute Gasteiger partial charge is 0.109 e. The topological polar surface area (TPSA) is 24.7 Å². The van der Waals surface area contributed by atoms with Crippen LogP contribution in [0, 0.1) is 0 Å². The quantitative estimate of drug-likeness (QED) is 0.407. The molecule has 2 heteroatoms. The van der Waals surface area contributed by atoms with Crippen molar-refractivity contribution in [2.24, 2.45) is 9.98 Å². The molecule has 0 aromatic rings. The summed E-state index contributed by atoms with van der Waals surface area (Å²) in [5, 5.41) is 0. The third-order valence-corrected chi connectivity index (χ3v) is 1.01. The van der Waals surface area contributed by atoms with Gasteiger partial charge in [-0.05, 0) is 13.3 Å². The van der Waals surface area contributed by atoms with Crippen molar-refractivity contribution in [1.29, 1.82) is 0 Å². The fraction of sp³-hybridized carbons (Fsp3) is 0.714. The van der Waals surface area contributed by atoms with Gasteiger partial charge in [0.05, 0.1) is 0 Å². The van der Waals surface area contributed by atoms with Crippen molar-refractivity contribution in [2.45, 2.75) is 26.7 Å². The van der Waals surface area contributed by atoms with E-state index in [2.05, 4.69) is 16.9 Å². The molecule has 0 aliphatic rings. The van der Waals surface area contributed by atoms with E-state index in [-0.39, 0.29) is 0 Å². The van der Waals surface area contributed by atoms with E-state index in [4.69, 9.17) is 0 Å². The Morgan fingerprint density at radius 1 is 1.56 bits per heavy atom. The Morgan fingerprint density at radius 3 is 2.67 bits per heavy atom. The van der Waals surface area contributed by atoms with Gasteiger partial charge in [-0.15, -0.1) is 0 Å². The lowest BCUT2D eigenvalue weighted by molar-refractivity contribution is 0.990. The summed E-state index contributed by atoms with van der Waals surface area (Å²) in [5.74, 6) is 0. The molecular formula is C7H14N2. The van der Waals surface area contributed by atoms with Gasteiger partial charge in [0, 0.05) is 12.8 Å². The van der Waals surface area contributed by atoms with Crippen LogP contribution in [0.4, 0.5) is 0 Å². The number of hydrogen-bond donors (Lipinski definition) is 0. The fourth-order valence-electron chi connectivity index (χ4n) is 0.583. The third kappa shape index (κ3) is 5.21. The predicted octanol–water partition coefficient (Wildman–Crippen LogP) is 1.91. The minimum absolute atomic E-state index is 1.08. The van der Waals surface area contributed by atoms with Crippen LogP contribution in [0.3, 0.4) is 0 Å². The van der Waals surface area contributed by atoms with Gasteiger partial charge >= 0.3 is 0 Å². The van der Waals surface area contributed by atoms with Crippen LogP contribution in [0.15, 0.2) is 9.98 Å². The molecule has 0 spiro atoms. The van der Waals surface area contributed by atoms with Crippen LogP contribution in [0.25, 0.3) is 0 Å². The first-order valence-electron chi connectivity index (χ1n) is 3.25. The molecule has 0 bridgehead atoms. The number of nitrogens with zero attached hydrogens (tertiary/aromatic N) is 2. The Bertz CT molecular complexity index is 114. The fourth-order valence-corrected chi connectivity index (χ4v) is 0.583. The van der Waals surface area contributed by atoms with Crippen LogP contribution in [0.1, 0.15) is 26.7 Å². The molecule has 52 valence electrons. The number of hydrogen-bond acceptors (Lipinski definition) is 1. The van der Waals surface area contributed by atoms with Crippen molar-refractivity contribution in [3.63, 3.8) is 0 Å². The second-order valence-electron chi connectivity index (χ2n) is 1.99.